The lowest BCUT2D eigenvalue weighted by atomic mass is 9.82. The van der Waals surface area contributed by atoms with Crippen molar-refractivity contribution in [3.63, 3.8) is 0 Å². The largest absolute Gasteiger partial charge is 0.222 e. The summed E-state index contributed by atoms with van der Waals surface area (Å²) in [5.74, 6) is 1.12. The van der Waals surface area contributed by atoms with Gasteiger partial charge >= 0.3 is 0 Å². The van der Waals surface area contributed by atoms with E-state index in [1.807, 2.05) is 11.8 Å². The first kappa shape index (κ1) is 26.4. The van der Waals surface area contributed by atoms with Crippen molar-refractivity contribution in [1.82, 2.24) is 0 Å². The highest BCUT2D eigenvalue weighted by atomic mass is 32.2. The molecule has 0 aliphatic carbocycles. The molecule has 5 aromatic rings. The van der Waals surface area contributed by atoms with Crippen LogP contribution in [0.1, 0.15) is 76.6 Å². The van der Waals surface area contributed by atoms with Crippen LogP contribution in [0.15, 0.2) is 64.5 Å². The second-order valence-corrected chi connectivity index (χ2v) is 14.7. The average Bonchev–Trinajstić information content (AvgIpc) is 2.86. The van der Waals surface area contributed by atoms with Gasteiger partial charge in [-0.3, -0.25) is 0 Å². The maximum absolute atomic E-state index is 2.49. The number of pyridine rings is 1. The number of aryl methyl sites for hydroxylation is 2. The number of aromatic nitrogens is 1. The van der Waals surface area contributed by atoms with Crippen molar-refractivity contribution in [2.45, 2.75) is 83.9 Å². The van der Waals surface area contributed by atoms with Crippen LogP contribution in [0.25, 0.3) is 43.6 Å². The molecule has 0 fully saturated rings. The van der Waals surface area contributed by atoms with Gasteiger partial charge in [0.2, 0.25) is 5.69 Å². The number of fused-ring (bicyclic) bond motifs is 5. The summed E-state index contributed by atoms with van der Waals surface area (Å²) in [4.78, 5) is 2.85. The summed E-state index contributed by atoms with van der Waals surface area (Å²) in [6.07, 6.45) is 4.47. The molecule has 0 atom stereocenters. The molecule has 1 aliphatic heterocycles. The van der Waals surface area contributed by atoms with Crippen LogP contribution in [0, 0.1) is 18.3 Å². The van der Waals surface area contributed by atoms with E-state index >= 15 is 0 Å². The summed E-state index contributed by atoms with van der Waals surface area (Å²) in [6, 6.07) is 19.0. The molecule has 0 radical (unpaired) electrons. The maximum atomic E-state index is 2.49. The molecule has 0 saturated heterocycles. The van der Waals surface area contributed by atoms with Crippen molar-refractivity contribution in [2.24, 2.45) is 18.4 Å². The van der Waals surface area contributed by atoms with Gasteiger partial charge < -0.3 is 0 Å². The second kappa shape index (κ2) is 9.37. The van der Waals surface area contributed by atoms with E-state index in [1.54, 1.807) is 0 Å². The van der Waals surface area contributed by atoms with E-state index in [0.29, 0.717) is 11.8 Å². The standard InChI is InChI=1S/C37H42NS/c1-21(2)17-24-13-14-27-29(18-24)23(5)32-35-34-28(15-16-38(35)9)33-25(11-10-12-26(33)22(3)4)19-31(34)39-36(32)30(27)20-37(6,7)8/h10-16,18-19,21-22H,17,20H2,1-9H3/q+1. The molecule has 0 amide bonds. The van der Waals surface area contributed by atoms with Crippen molar-refractivity contribution in [3.05, 3.63) is 77.0 Å². The molecule has 1 nitrogen and oxygen atoms in total. The number of rotatable bonds is 4. The SMILES string of the molecule is Cc1c2c(c(CC(C)(C)C)c3ccc(CC(C)C)cc13)Sc1cc3cccc(C(C)C)c3c3cc[n+](C)c-2c13. The molecule has 2 heterocycles. The normalized spacial score (nSPS) is 13.3. The van der Waals surface area contributed by atoms with Crippen LogP contribution in [0.3, 0.4) is 0 Å². The molecule has 6 rings (SSSR count). The van der Waals surface area contributed by atoms with Gasteiger partial charge in [0.25, 0.3) is 0 Å². The predicted molar refractivity (Wildman–Crippen MR) is 170 cm³/mol. The fourth-order valence-corrected chi connectivity index (χ4v) is 8.13. The van der Waals surface area contributed by atoms with Gasteiger partial charge in [0.05, 0.1) is 10.9 Å². The fraction of sp³-hybridized carbons (Fsp3) is 0.378. The smallest absolute Gasteiger partial charge is 0.200 e. The van der Waals surface area contributed by atoms with E-state index in [1.165, 1.54) is 75.6 Å². The van der Waals surface area contributed by atoms with E-state index in [-0.39, 0.29) is 5.41 Å². The molecule has 0 spiro atoms. The van der Waals surface area contributed by atoms with Gasteiger partial charge in [-0.2, -0.15) is 0 Å². The zero-order chi connectivity index (χ0) is 27.8. The Morgan fingerprint density at radius 2 is 1.64 bits per heavy atom. The summed E-state index contributed by atoms with van der Waals surface area (Å²) >= 11 is 2.01. The van der Waals surface area contributed by atoms with E-state index in [2.05, 4.69) is 122 Å². The minimum atomic E-state index is 0.192. The molecular formula is C37H42NS+. The Balaban J connectivity index is 1.77. The first-order valence-corrected chi connectivity index (χ1v) is 15.4. The van der Waals surface area contributed by atoms with Crippen molar-refractivity contribution in [2.75, 3.05) is 0 Å². The van der Waals surface area contributed by atoms with E-state index < -0.39 is 0 Å². The summed E-state index contributed by atoms with van der Waals surface area (Å²) in [7, 11) is 2.24. The van der Waals surface area contributed by atoms with Crippen LogP contribution >= 0.6 is 11.8 Å². The first-order valence-electron chi connectivity index (χ1n) is 14.6. The Hall–Kier alpha value is -2.84. The average molecular weight is 533 g/mol. The minimum absolute atomic E-state index is 0.192. The highest BCUT2D eigenvalue weighted by Crippen LogP contribution is 2.54. The lowest BCUT2D eigenvalue weighted by molar-refractivity contribution is -0.659. The predicted octanol–water partition coefficient (Wildman–Crippen LogP) is 10.3. The lowest BCUT2D eigenvalue weighted by Gasteiger charge is -2.28. The van der Waals surface area contributed by atoms with E-state index in [9.17, 15) is 0 Å². The highest BCUT2D eigenvalue weighted by molar-refractivity contribution is 8.00. The van der Waals surface area contributed by atoms with Gasteiger partial charge in [0.1, 0.15) is 7.05 Å². The van der Waals surface area contributed by atoms with Crippen molar-refractivity contribution in [1.29, 1.82) is 0 Å². The molecule has 1 aliphatic rings. The topological polar surface area (TPSA) is 3.88 Å². The van der Waals surface area contributed by atoms with Gasteiger partial charge in [-0.15, -0.1) is 0 Å². The minimum Gasteiger partial charge on any atom is -0.200 e. The Bertz CT molecular complexity index is 1780. The molecule has 2 heteroatoms. The number of nitrogens with zero attached hydrogens (tertiary/aromatic N) is 1. The Labute approximate surface area is 238 Å². The molecular weight excluding hydrogens is 490 g/mol. The quantitative estimate of drug-likeness (QED) is 0.161. The number of benzene rings is 4. The Morgan fingerprint density at radius 3 is 2.33 bits per heavy atom. The summed E-state index contributed by atoms with van der Waals surface area (Å²) in [5.41, 5.74) is 8.82. The zero-order valence-electron chi connectivity index (χ0n) is 25.1. The van der Waals surface area contributed by atoms with Crippen LogP contribution in [-0.4, -0.2) is 0 Å². The van der Waals surface area contributed by atoms with Crippen LogP contribution in [0.2, 0.25) is 0 Å². The zero-order valence-corrected chi connectivity index (χ0v) is 25.9. The first-order chi connectivity index (χ1) is 18.4. The third-order valence-corrected chi connectivity index (χ3v) is 9.56. The molecule has 39 heavy (non-hydrogen) atoms. The third kappa shape index (κ3) is 4.36. The van der Waals surface area contributed by atoms with Gasteiger partial charge in [0.15, 0.2) is 6.20 Å². The maximum Gasteiger partial charge on any atom is 0.222 e. The van der Waals surface area contributed by atoms with Crippen molar-refractivity contribution >= 4 is 44.1 Å². The molecule has 0 N–H and O–H groups in total. The number of hydrogen-bond donors (Lipinski definition) is 0. The summed E-state index contributed by atoms with van der Waals surface area (Å²) < 4.78 is 2.38. The molecule has 4 aromatic carbocycles. The molecule has 0 saturated carbocycles. The van der Waals surface area contributed by atoms with Gasteiger partial charge in [-0.1, -0.05) is 96.6 Å². The second-order valence-electron chi connectivity index (χ2n) is 13.7. The van der Waals surface area contributed by atoms with Crippen LogP contribution in [0.5, 0.6) is 0 Å². The van der Waals surface area contributed by atoms with Crippen molar-refractivity contribution < 1.29 is 4.57 Å². The van der Waals surface area contributed by atoms with Crippen LogP contribution in [0.4, 0.5) is 0 Å². The summed E-state index contributed by atoms with van der Waals surface area (Å²) in [5, 5.41) is 8.44. The van der Waals surface area contributed by atoms with Gasteiger partial charge in [-0.05, 0) is 86.9 Å². The van der Waals surface area contributed by atoms with Crippen molar-refractivity contribution in [3.8, 4) is 11.3 Å². The van der Waals surface area contributed by atoms with Crippen LogP contribution < -0.4 is 4.57 Å². The Kier molecular flexibility index (Phi) is 6.34. The molecule has 0 unspecified atom stereocenters. The van der Waals surface area contributed by atoms with Gasteiger partial charge in [-0.25, -0.2) is 4.57 Å². The van der Waals surface area contributed by atoms with Gasteiger partial charge in [0, 0.05) is 21.2 Å². The molecule has 200 valence electrons. The molecule has 0 bridgehead atoms. The van der Waals surface area contributed by atoms with E-state index in [0.717, 1.165) is 12.8 Å². The third-order valence-electron chi connectivity index (χ3n) is 8.37. The van der Waals surface area contributed by atoms with E-state index in [4.69, 9.17) is 0 Å². The lowest BCUT2D eigenvalue weighted by Crippen LogP contribution is -2.32. The number of hydrogen-bond acceptors (Lipinski definition) is 1. The highest BCUT2D eigenvalue weighted by Gasteiger charge is 2.33. The fourth-order valence-electron chi connectivity index (χ4n) is 6.76. The van der Waals surface area contributed by atoms with Crippen LogP contribution in [-0.2, 0) is 19.9 Å². The monoisotopic (exact) mass is 532 g/mol. The summed E-state index contributed by atoms with van der Waals surface area (Å²) in [6.45, 7) is 18.8. The molecule has 1 aromatic heterocycles. The Morgan fingerprint density at radius 1 is 0.872 bits per heavy atom.